The van der Waals surface area contributed by atoms with Crippen LogP contribution in [0.1, 0.15) is 49.9 Å². The predicted octanol–water partition coefficient (Wildman–Crippen LogP) is 3.93. The molecule has 0 amide bonds. The third-order valence-electron chi connectivity index (χ3n) is 5.84. The lowest BCUT2D eigenvalue weighted by Crippen LogP contribution is -2.21. The highest BCUT2D eigenvalue weighted by Gasteiger charge is 2.19. The second-order valence-corrected chi connectivity index (χ2v) is 8.98. The molecule has 0 aliphatic rings. The van der Waals surface area contributed by atoms with Crippen molar-refractivity contribution in [1.29, 1.82) is 0 Å². The molecule has 4 aromatic heterocycles. The number of imidazole rings is 1. The van der Waals surface area contributed by atoms with Crippen molar-refractivity contribution in [2.75, 3.05) is 0 Å². The smallest absolute Gasteiger partial charge is 0.286 e. The maximum absolute atomic E-state index is 13.2. The number of benzene rings is 1. The summed E-state index contributed by atoms with van der Waals surface area (Å²) in [5.41, 5.74) is 2.43. The number of hydrogen-bond acceptors (Lipinski definition) is 7. The number of unbranched alkanes of at least 4 members (excludes halogenated alkanes) is 2. The van der Waals surface area contributed by atoms with E-state index in [2.05, 4.69) is 59.1 Å². The minimum Gasteiger partial charge on any atom is -0.339 e. The van der Waals surface area contributed by atoms with E-state index in [4.69, 9.17) is 10.9 Å². The zero-order valence-electron chi connectivity index (χ0n) is 19.2. The summed E-state index contributed by atoms with van der Waals surface area (Å²) in [4.78, 5) is 25.2. The second kappa shape index (κ2) is 9.84. The zero-order chi connectivity index (χ0) is 24.4. The quantitative estimate of drug-likeness (QED) is 0.173. The second-order valence-electron chi connectivity index (χ2n) is 8.23. The van der Waals surface area contributed by atoms with Crippen LogP contribution in [-0.2, 0) is 19.4 Å². The molecule has 10 nitrogen and oxygen atoms in total. The lowest BCUT2D eigenvalue weighted by atomic mass is 10.1. The summed E-state index contributed by atoms with van der Waals surface area (Å²) in [6, 6.07) is 7.41. The standard InChI is InChI=1S/C24H23BrN8O2/c1-3-5-6-14-32-21-19(27-23(25)28-21)22(34)33-17(29-30-24(32)33)8-7-9-18-26-20(31-35-18)16-12-10-15(4-2)11-13-16/h2,10-13H,3,5-9,14H2,1H3,(H,27,28). The van der Waals surface area contributed by atoms with Crippen LogP contribution in [0.25, 0.3) is 28.3 Å². The van der Waals surface area contributed by atoms with Gasteiger partial charge in [0, 0.05) is 30.5 Å². The fourth-order valence-electron chi connectivity index (χ4n) is 4.05. The molecule has 35 heavy (non-hydrogen) atoms. The molecule has 0 aliphatic carbocycles. The first-order valence-electron chi connectivity index (χ1n) is 11.5. The van der Waals surface area contributed by atoms with Crippen LogP contribution in [0.5, 0.6) is 0 Å². The fraction of sp³-hybridized carbons (Fsp3) is 0.333. The summed E-state index contributed by atoms with van der Waals surface area (Å²) < 4.78 is 9.46. The number of aromatic amines is 1. The fourth-order valence-corrected chi connectivity index (χ4v) is 4.42. The maximum Gasteiger partial charge on any atom is 0.286 e. The Hall–Kier alpha value is -3.78. The van der Waals surface area contributed by atoms with Gasteiger partial charge in [0.15, 0.2) is 15.9 Å². The van der Waals surface area contributed by atoms with Crippen LogP contribution in [0.15, 0.2) is 38.3 Å². The van der Waals surface area contributed by atoms with E-state index >= 15 is 0 Å². The molecule has 5 aromatic rings. The van der Waals surface area contributed by atoms with Crippen LogP contribution in [0, 0.1) is 12.3 Å². The van der Waals surface area contributed by atoms with E-state index in [-0.39, 0.29) is 5.56 Å². The van der Waals surface area contributed by atoms with Crippen molar-refractivity contribution < 1.29 is 4.52 Å². The first kappa shape index (κ1) is 23.0. The molecule has 178 valence electrons. The summed E-state index contributed by atoms with van der Waals surface area (Å²) in [6.45, 7) is 2.86. The van der Waals surface area contributed by atoms with Crippen molar-refractivity contribution in [2.45, 2.75) is 52.0 Å². The molecular weight excluding hydrogens is 512 g/mol. The van der Waals surface area contributed by atoms with Crippen LogP contribution in [0.3, 0.4) is 0 Å². The van der Waals surface area contributed by atoms with Crippen molar-refractivity contribution in [3.63, 3.8) is 0 Å². The third-order valence-corrected chi connectivity index (χ3v) is 6.21. The van der Waals surface area contributed by atoms with Gasteiger partial charge in [0.1, 0.15) is 5.82 Å². The average Bonchev–Trinajstić information content (AvgIpc) is 3.60. The Morgan fingerprint density at radius 1 is 1.11 bits per heavy atom. The summed E-state index contributed by atoms with van der Waals surface area (Å²) in [5, 5.41) is 12.7. The molecule has 1 N–H and O–H groups in total. The number of nitrogens with zero attached hydrogens (tertiary/aromatic N) is 7. The van der Waals surface area contributed by atoms with Gasteiger partial charge in [-0.3, -0.25) is 9.36 Å². The number of fused-ring (bicyclic) bond motifs is 2. The van der Waals surface area contributed by atoms with Gasteiger partial charge in [-0.05, 0) is 53.0 Å². The van der Waals surface area contributed by atoms with Crippen LogP contribution < -0.4 is 5.56 Å². The third kappa shape index (κ3) is 4.49. The molecule has 4 heterocycles. The summed E-state index contributed by atoms with van der Waals surface area (Å²) >= 11 is 3.35. The number of H-pyrrole nitrogens is 1. The monoisotopic (exact) mass is 534 g/mol. The minimum atomic E-state index is -0.213. The highest BCUT2D eigenvalue weighted by atomic mass is 79.9. The first-order valence-corrected chi connectivity index (χ1v) is 12.3. The Kier molecular flexibility index (Phi) is 6.46. The molecular formula is C24H23BrN8O2. The van der Waals surface area contributed by atoms with Crippen molar-refractivity contribution in [2.24, 2.45) is 0 Å². The molecule has 0 bridgehead atoms. The highest BCUT2D eigenvalue weighted by molar-refractivity contribution is 9.10. The Morgan fingerprint density at radius 3 is 2.71 bits per heavy atom. The van der Waals surface area contributed by atoms with E-state index in [0.717, 1.165) is 30.4 Å². The van der Waals surface area contributed by atoms with Crippen LogP contribution in [0.2, 0.25) is 0 Å². The highest BCUT2D eigenvalue weighted by Crippen LogP contribution is 2.19. The molecule has 0 radical (unpaired) electrons. The molecule has 0 saturated heterocycles. The maximum atomic E-state index is 13.2. The average molecular weight is 535 g/mol. The van der Waals surface area contributed by atoms with Crippen molar-refractivity contribution in [3.8, 4) is 23.7 Å². The molecule has 0 atom stereocenters. The Labute approximate surface area is 208 Å². The molecule has 0 spiro atoms. The summed E-state index contributed by atoms with van der Waals surface area (Å²) in [6.07, 6.45) is 10.3. The number of rotatable bonds is 9. The van der Waals surface area contributed by atoms with Gasteiger partial charge in [-0.1, -0.05) is 30.8 Å². The van der Waals surface area contributed by atoms with Gasteiger partial charge < -0.3 is 9.51 Å². The van der Waals surface area contributed by atoms with Crippen LogP contribution >= 0.6 is 15.9 Å². The summed E-state index contributed by atoms with van der Waals surface area (Å²) in [5.74, 6) is 4.71. The van der Waals surface area contributed by atoms with Crippen LogP contribution in [0.4, 0.5) is 0 Å². The van der Waals surface area contributed by atoms with Gasteiger partial charge in [-0.25, -0.2) is 9.38 Å². The number of halogens is 1. The van der Waals surface area contributed by atoms with Gasteiger partial charge in [0.25, 0.3) is 5.56 Å². The van der Waals surface area contributed by atoms with Crippen molar-refractivity contribution in [1.82, 2.24) is 39.3 Å². The van der Waals surface area contributed by atoms with Gasteiger partial charge >= 0.3 is 0 Å². The largest absolute Gasteiger partial charge is 0.339 e. The normalized spacial score (nSPS) is 11.5. The minimum absolute atomic E-state index is 0.213. The Morgan fingerprint density at radius 2 is 1.94 bits per heavy atom. The number of aromatic nitrogens is 8. The predicted molar refractivity (Wildman–Crippen MR) is 134 cm³/mol. The molecule has 5 rings (SSSR count). The number of nitrogens with one attached hydrogen (secondary N) is 1. The Balaban J connectivity index is 1.36. The summed E-state index contributed by atoms with van der Waals surface area (Å²) in [7, 11) is 0. The SMILES string of the molecule is C#Cc1ccc(-c2noc(CCCc3nnc4n(CCCCC)c5nc(Br)[nH]c5c(=O)n34)n2)cc1. The molecule has 0 unspecified atom stereocenters. The van der Waals surface area contributed by atoms with Crippen molar-refractivity contribution in [3.05, 3.63) is 56.6 Å². The number of terminal acetylenes is 1. The number of aryl methyl sites for hydroxylation is 3. The van der Waals surface area contributed by atoms with E-state index in [1.807, 2.05) is 28.8 Å². The number of hydrogen-bond donors (Lipinski definition) is 1. The van der Waals surface area contributed by atoms with E-state index in [9.17, 15) is 4.79 Å². The lowest BCUT2D eigenvalue weighted by Gasteiger charge is -2.09. The molecule has 0 aliphatic heterocycles. The Bertz CT molecular complexity index is 1590. The first-order chi connectivity index (χ1) is 17.1. The van der Waals surface area contributed by atoms with Gasteiger partial charge in [-0.15, -0.1) is 16.6 Å². The zero-order valence-corrected chi connectivity index (χ0v) is 20.7. The van der Waals surface area contributed by atoms with Crippen LogP contribution in [-0.4, -0.2) is 39.3 Å². The topological polar surface area (TPSA) is 120 Å². The van der Waals surface area contributed by atoms with E-state index in [1.165, 1.54) is 0 Å². The van der Waals surface area contributed by atoms with E-state index in [1.54, 1.807) is 4.40 Å². The molecule has 1 aromatic carbocycles. The van der Waals surface area contributed by atoms with Gasteiger partial charge in [-0.2, -0.15) is 4.98 Å². The lowest BCUT2D eigenvalue weighted by molar-refractivity contribution is 0.375. The van der Waals surface area contributed by atoms with E-state index < -0.39 is 0 Å². The molecule has 0 fully saturated rings. The molecule has 11 heteroatoms. The van der Waals surface area contributed by atoms with Gasteiger partial charge in [0.2, 0.25) is 17.5 Å². The van der Waals surface area contributed by atoms with E-state index in [0.29, 0.717) is 65.0 Å². The molecule has 0 saturated carbocycles. The van der Waals surface area contributed by atoms with Gasteiger partial charge in [0.05, 0.1) is 0 Å². The van der Waals surface area contributed by atoms with Crippen molar-refractivity contribution >= 4 is 32.9 Å².